The molecule has 0 aliphatic heterocycles. The van der Waals surface area contributed by atoms with Crippen LogP contribution in [0.4, 0.5) is 0 Å². The highest BCUT2D eigenvalue weighted by Crippen LogP contribution is 2.19. The van der Waals surface area contributed by atoms with Crippen LogP contribution in [0.3, 0.4) is 0 Å². The SMILES string of the molecule is CN(C)CCCC(C#N)c1ccccc1. The third-order valence-corrected chi connectivity index (χ3v) is 2.46. The van der Waals surface area contributed by atoms with Crippen molar-refractivity contribution in [2.75, 3.05) is 20.6 Å². The van der Waals surface area contributed by atoms with Gasteiger partial charge in [0.1, 0.15) is 0 Å². The standard InChI is InChI=1S/C13H18N2/c1-15(2)10-6-9-13(11-14)12-7-4-3-5-8-12/h3-5,7-8,13H,6,9-10H2,1-2H3. The summed E-state index contributed by atoms with van der Waals surface area (Å²) in [5.74, 6) is 0.0474. The number of hydrogen-bond acceptors (Lipinski definition) is 2. The Balaban J connectivity index is 2.48. The van der Waals surface area contributed by atoms with Crippen LogP contribution in [0, 0.1) is 11.3 Å². The highest BCUT2D eigenvalue weighted by Gasteiger charge is 2.09. The zero-order valence-corrected chi connectivity index (χ0v) is 9.48. The number of benzene rings is 1. The molecule has 2 heteroatoms. The van der Waals surface area contributed by atoms with Crippen LogP contribution < -0.4 is 0 Å². The van der Waals surface area contributed by atoms with Gasteiger partial charge in [-0.05, 0) is 39.0 Å². The topological polar surface area (TPSA) is 27.0 Å². The third-order valence-electron chi connectivity index (χ3n) is 2.46. The van der Waals surface area contributed by atoms with E-state index < -0.39 is 0 Å². The maximum atomic E-state index is 9.08. The van der Waals surface area contributed by atoms with Crippen LogP contribution in [-0.4, -0.2) is 25.5 Å². The second kappa shape index (κ2) is 6.21. The van der Waals surface area contributed by atoms with Crippen molar-refractivity contribution < 1.29 is 0 Å². The average molecular weight is 202 g/mol. The van der Waals surface area contributed by atoms with E-state index in [1.165, 1.54) is 0 Å². The second-order valence-corrected chi connectivity index (χ2v) is 4.04. The first kappa shape index (κ1) is 11.7. The van der Waals surface area contributed by atoms with Crippen LogP contribution in [0.1, 0.15) is 24.3 Å². The first-order chi connectivity index (χ1) is 7.24. The highest BCUT2D eigenvalue weighted by atomic mass is 15.0. The number of hydrogen-bond donors (Lipinski definition) is 0. The smallest absolute Gasteiger partial charge is 0.0713 e. The molecule has 0 N–H and O–H groups in total. The van der Waals surface area contributed by atoms with Crippen molar-refractivity contribution in [2.24, 2.45) is 0 Å². The predicted octanol–water partition coefficient (Wildman–Crippen LogP) is 2.64. The van der Waals surface area contributed by atoms with E-state index in [1.54, 1.807) is 0 Å². The van der Waals surface area contributed by atoms with Crippen molar-refractivity contribution in [1.29, 1.82) is 5.26 Å². The molecule has 0 aliphatic rings. The molecule has 0 saturated carbocycles. The molecule has 0 amide bonds. The summed E-state index contributed by atoms with van der Waals surface area (Å²) in [6.45, 7) is 1.05. The number of rotatable bonds is 5. The summed E-state index contributed by atoms with van der Waals surface area (Å²) in [5.41, 5.74) is 1.14. The molecule has 0 spiro atoms. The molecule has 0 aliphatic carbocycles. The molecular formula is C13H18N2. The van der Waals surface area contributed by atoms with Gasteiger partial charge < -0.3 is 4.90 Å². The Morgan fingerprint density at radius 1 is 1.27 bits per heavy atom. The molecule has 1 aromatic carbocycles. The Morgan fingerprint density at radius 3 is 2.47 bits per heavy atom. The van der Waals surface area contributed by atoms with Crippen molar-refractivity contribution in [3.8, 4) is 6.07 Å². The minimum absolute atomic E-state index is 0.0474. The molecule has 80 valence electrons. The minimum Gasteiger partial charge on any atom is -0.309 e. The van der Waals surface area contributed by atoms with Crippen LogP contribution in [0.5, 0.6) is 0 Å². The Labute approximate surface area is 92.1 Å². The summed E-state index contributed by atoms with van der Waals surface area (Å²) in [4.78, 5) is 2.15. The molecule has 0 heterocycles. The third kappa shape index (κ3) is 4.14. The first-order valence-corrected chi connectivity index (χ1v) is 5.33. The van der Waals surface area contributed by atoms with Crippen LogP contribution in [-0.2, 0) is 0 Å². The van der Waals surface area contributed by atoms with Gasteiger partial charge in [-0.2, -0.15) is 5.26 Å². The van der Waals surface area contributed by atoms with Gasteiger partial charge in [0.2, 0.25) is 0 Å². The zero-order chi connectivity index (χ0) is 11.1. The molecule has 1 atom stereocenters. The fraction of sp³-hybridized carbons (Fsp3) is 0.462. The largest absolute Gasteiger partial charge is 0.309 e. The molecule has 1 aromatic rings. The summed E-state index contributed by atoms with van der Waals surface area (Å²) < 4.78 is 0. The van der Waals surface area contributed by atoms with E-state index in [1.807, 2.05) is 30.3 Å². The molecule has 0 fully saturated rings. The van der Waals surface area contributed by atoms with Crippen molar-refractivity contribution in [2.45, 2.75) is 18.8 Å². The van der Waals surface area contributed by atoms with Gasteiger partial charge in [0.25, 0.3) is 0 Å². The fourth-order valence-electron chi connectivity index (χ4n) is 1.60. The summed E-state index contributed by atoms with van der Waals surface area (Å²) in [6.07, 6.45) is 2.01. The molecule has 0 radical (unpaired) electrons. The normalized spacial score (nSPS) is 12.4. The fourth-order valence-corrected chi connectivity index (χ4v) is 1.60. The predicted molar refractivity (Wildman–Crippen MR) is 62.6 cm³/mol. The summed E-state index contributed by atoms with van der Waals surface area (Å²) in [7, 11) is 4.12. The lowest BCUT2D eigenvalue weighted by molar-refractivity contribution is 0.391. The molecule has 0 aromatic heterocycles. The summed E-state index contributed by atoms with van der Waals surface area (Å²) in [6, 6.07) is 12.4. The summed E-state index contributed by atoms with van der Waals surface area (Å²) >= 11 is 0. The average Bonchev–Trinajstić information content (AvgIpc) is 2.25. The van der Waals surface area contributed by atoms with Gasteiger partial charge in [-0.25, -0.2) is 0 Å². The van der Waals surface area contributed by atoms with Gasteiger partial charge in [-0.3, -0.25) is 0 Å². The molecule has 2 nitrogen and oxygen atoms in total. The van der Waals surface area contributed by atoms with Crippen LogP contribution in [0.2, 0.25) is 0 Å². The minimum atomic E-state index is 0.0474. The van der Waals surface area contributed by atoms with E-state index >= 15 is 0 Å². The first-order valence-electron chi connectivity index (χ1n) is 5.33. The van der Waals surface area contributed by atoms with Gasteiger partial charge in [0, 0.05) is 0 Å². The van der Waals surface area contributed by atoms with Gasteiger partial charge >= 0.3 is 0 Å². The zero-order valence-electron chi connectivity index (χ0n) is 9.48. The Bertz CT molecular complexity index is 311. The maximum Gasteiger partial charge on any atom is 0.0713 e. The molecule has 1 unspecified atom stereocenters. The van der Waals surface area contributed by atoms with Gasteiger partial charge in [0.15, 0.2) is 0 Å². The van der Waals surface area contributed by atoms with Gasteiger partial charge in [-0.15, -0.1) is 0 Å². The van der Waals surface area contributed by atoms with Crippen molar-refractivity contribution >= 4 is 0 Å². The summed E-state index contributed by atoms with van der Waals surface area (Å²) in [5, 5.41) is 9.08. The van der Waals surface area contributed by atoms with Crippen molar-refractivity contribution in [3.05, 3.63) is 35.9 Å². The maximum absolute atomic E-state index is 9.08. The van der Waals surface area contributed by atoms with Crippen molar-refractivity contribution in [3.63, 3.8) is 0 Å². The Morgan fingerprint density at radius 2 is 1.93 bits per heavy atom. The lowest BCUT2D eigenvalue weighted by Gasteiger charge is -2.12. The quantitative estimate of drug-likeness (QED) is 0.734. The Hall–Kier alpha value is -1.33. The van der Waals surface area contributed by atoms with Crippen LogP contribution in [0.15, 0.2) is 30.3 Å². The van der Waals surface area contributed by atoms with Crippen molar-refractivity contribution in [1.82, 2.24) is 4.90 Å². The van der Waals surface area contributed by atoms with E-state index in [4.69, 9.17) is 5.26 Å². The van der Waals surface area contributed by atoms with E-state index in [-0.39, 0.29) is 5.92 Å². The Kier molecular flexibility index (Phi) is 4.86. The lowest BCUT2D eigenvalue weighted by atomic mass is 9.96. The second-order valence-electron chi connectivity index (χ2n) is 4.04. The van der Waals surface area contributed by atoms with E-state index in [0.29, 0.717) is 0 Å². The van der Waals surface area contributed by atoms with Gasteiger partial charge in [-0.1, -0.05) is 30.3 Å². The lowest BCUT2D eigenvalue weighted by Crippen LogP contribution is -2.13. The number of nitrogens with zero attached hydrogens (tertiary/aromatic N) is 2. The van der Waals surface area contributed by atoms with E-state index in [2.05, 4.69) is 25.1 Å². The van der Waals surface area contributed by atoms with E-state index in [0.717, 1.165) is 24.9 Å². The van der Waals surface area contributed by atoms with Crippen LogP contribution in [0.25, 0.3) is 0 Å². The monoisotopic (exact) mass is 202 g/mol. The highest BCUT2D eigenvalue weighted by molar-refractivity contribution is 5.24. The molecular weight excluding hydrogens is 184 g/mol. The number of nitriles is 1. The van der Waals surface area contributed by atoms with E-state index in [9.17, 15) is 0 Å². The van der Waals surface area contributed by atoms with Crippen LogP contribution >= 0.6 is 0 Å². The molecule has 0 saturated heterocycles. The molecule has 1 rings (SSSR count). The van der Waals surface area contributed by atoms with Gasteiger partial charge in [0.05, 0.1) is 12.0 Å². The molecule has 15 heavy (non-hydrogen) atoms. The molecule has 0 bridgehead atoms.